The third-order valence-electron chi connectivity index (χ3n) is 6.44. The molecule has 4 aromatic rings. The number of H-pyrrole nitrogens is 1. The standard InChI is InChI=1S/C27H25N5O5/c1-36-26(34)21-23(18-11-5-7-13-28-18)32(15-20-30-16-9-3-4-10-17(16)31-20)24(19-12-6-8-14-29-19)22(25(21)33)27(35)37-2/h3-14,21,23-24,33H,15H2,1-2H3,(H,30,31)/t21?,23-,24-/m0/s1. The first-order valence-electron chi connectivity index (χ1n) is 11.6. The smallest absolute Gasteiger partial charge is 0.339 e. The highest BCUT2D eigenvalue weighted by atomic mass is 16.5. The second-order valence-corrected chi connectivity index (χ2v) is 8.52. The first-order chi connectivity index (χ1) is 18.0. The molecule has 10 nitrogen and oxygen atoms in total. The van der Waals surface area contributed by atoms with Crippen LogP contribution < -0.4 is 0 Å². The normalized spacial score (nSPS) is 20.1. The number of aliphatic hydroxyl groups excluding tert-OH is 1. The molecule has 188 valence electrons. The van der Waals surface area contributed by atoms with E-state index in [-0.39, 0.29) is 12.1 Å². The van der Waals surface area contributed by atoms with Crippen LogP contribution in [0.5, 0.6) is 0 Å². The van der Waals surface area contributed by atoms with Crippen LogP contribution in [-0.2, 0) is 25.6 Å². The van der Waals surface area contributed by atoms with Crippen LogP contribution in [0.25, 0.3) is 11.0 Å². The zero-order valence-corrected chi connectivity index (χ0v) is 20.2. The third-order valence-corrected chi connectivity index (χ3v) is 6.44. The molecule has 0 saturated heterocycles. The van der Waals surface area contributed by atoms with E-state index in [1.54, 1.807) is 48.8 Å². The van der Waals surface area contributed by atoms with Gasteiger partial charge in [-0.05, 0) is 36.4 Å². The molecule has 5 rings (SSSR count). The van der Waals surface area contributed by atoms with Crippen molar-refractivity contribution in [2.24, 2.45) is 5.92 Å². The number of ether oxygens (including phenoxy) is 2. The van der Waals surface area contributed by atoms with Gasteiger partial charge in [-0.25, -0.2) is 9.78 Å². The summed E-state index contributed by atoms with van der Waals surface area (Å²) in [7, 11) is 2.46. The quantitative estimate of drug-likeness (QED) is 0.383. The molecule has 0 radical (unpaired) electrons. The Balaban J connectivity index is 1.77. The van der Waals surface area contributed by atoms with Gasteiger partial charge in [-0.1, -0.05) is 24.3 Å². The van der Waals surface area contributed by atoms with E-state index in [2.05, 4.69) is 15.0 Å². The summed E-state index contributed by atoms with van der Waals surface area (Å²) in [5.41, 5.74) is 2.50. The monoisotopic (exact) mass is 499 g/mol. The van der Waals surface area contributed by atoms with Gasteiger partial charge in [-0.15, -0.1) is 0 Å². The first kappa shape index (κ1) is 24.1. The van der Waals surface area contributed by atoms with Gasteiger partial charge in [0.2, 0.25) is 0 Å². The zero-order chi connectivity index (χ0) is 25.9. The Kier molecular flexibility index (Phi) is 6.65. The van der Waals surface area contributed by atoms with Gasteiger partial charge in [0.05, 0.1) is 60.8 Å². The molecular formula is C27H25N5O5. The molecule has 4 heterocycles. The number of rotatable bonds is 6. The summed E-state index contributed by atoms with van der Waals surface area (Å²) in [4.78, 5) is 45.1. The fourth-order valence-corrected chi connectivity index (χ4v) is 4.86. The van der Waals surface area contributed by atoms with Gasteiger partial charge < -0.3 is 19.6 Å². The van der Waals surface area contributed by atoms with E-state index in [0.717, 1.165) is 11.0 Å². The number of aromatic amines is 1. The summed E-state index contributed by atoms with van der Waals surface area (Å²) < 4.78 is 10.1. The average molecular weight is 500 g/mol. The van der Waals surface area contributed by atoms with Crippen LogP contribution in [0.4, 0.5) is 0 Å². The van der Waals surface area contributed by atoms with Crippen molar-refractivity contribution in [3.63, 3.8) is 0 Å². The van der Waals surface area contributed by atoms with E-state index in [9.17, 15) is 14.7 Å². The summed E-state index contributed by atoms with van der Waals surface area (Å²) in [5.74, 6) is -2.60. The minimum atomic E-state index is -1.25. The van der Waals surface area contributed by atoms with Crippen LogP contribution in [-0.4, -0.2) is 56.1 Å². The molecule has 10 heteroatoms. The Morgan fingerprint density at radius 2 is 1.62 bits per heavy atom. The van der Waals surface area contributed by atoms with E-state index < -0.39 is 35.7 Å². The van der Waals surface area contributed by atoms with Crippen molar-refractivity contribution in [3.05, 3.63) is 102 Å². The van der Waals surface area contributed by atoms with Crippen LogP contribution >= 0.6 is 0 Å². The highest BCUT2D eigenvalue weighted by Gasteiger charge is 2.51. The molecule has 0 bridgehead atoms. The van der Waals surface area contributed by atoms with Gasteiger partial charge in [-0.2, -0.15) is 0 Å². The summed E-state index contributed by atoms with van der Waals surface area (Å²) >= 11 is 0. The molecule has 3 atom stereocenters. The van der Waals surface area contributed by atoms with Crippen LogP contribution in [0, 0.1) is 5.92 Å². The largest absolute Gasteiger partial charge is 0.511 e. The second-order valence-electron chi connectivity index (χ2n) is 8.52. The fourth-order valence-electron chi connectivity index (χ4n) is 4.86. The Morgan fingerprint density at radius 1 is 0.946 bits per heavy atom. The van der Waals surface area contributed by atoms with Crippen molar-refractivity contribution in [1.29, 1.82) is 0 Å². The van der Waals surface area contributed by atoms with E-state index >= 15 is 0 Å². The zero-order valence-electron chi connectivity index (χ0n) is 20.2. The maximum absolute atomic E-state index is 13.1. The number of hydrogen-bond acceptors (Lipinski definition) is 9. The summed E-state index contributed by atoms with van der Waals surface area (Å²) in [6, 6.07) is 16.5. The van der Waals surface area contributed by atoms with Gasteiger partial charge >= 0.3 is 11.9 Å². The average Bonchev–Trinajstić information content (AvgIpc) is 3.36. The Hall–Kier alpha value is -4.57. The number of fused-ring (bicyclic) bond motifs is 1. The molecule has 0 aliphatic carbocycles. The number of aromatic nitrogens is 4. The van der Waals surface area contributed by atoms with Crippen LogP contribution in [0.1, 0.15) is 29.3 Å². The van der Waals surface area contributed by atoms with Crippen molar-refractivity contribution < 1.29 is 24.2 Å². The highest BCUT2D eigenvalue weighted by Crippen LogP contribution is 2.48. The van der Waals surface area contributed by atoms with Gasteiger partial charge in [0.15, 0.2) is 0 Å². The van der Waals surface area contributed by atoms with Gasteiger partial charge in [0, 0.05) is 12.4 Å². The Bertz CT molecular complexity index is 1420. The molecule has 1 aromatic carbocycles. The lowest BCUT2D eigenvalue weighted by Gasteiger charge is -2.44. The molecule has 1 aliphatic rings. The number of pyridine rings is 2. The molecule has 0 saturated carbocycles. The number of benzene rings is 1. The molecule has 0 fully saturated rings. The van der Waals surface area contributed by atoms with Gasteiger partial charge in [-0.3, -0.25) is 19.7 Å². The van der Waals surface area contributed by atoms with E-state index in [4.69, 9.17) is 14.5 Å². The lowest BCUT2D eigenvalue weighted by molar-refractivity contribution is -0.150. The number of imidazole rings is 1. The van der Waals surface area contributed by atoms with Crippen LogP contribution in [0.2, 0.25) is 0 Å². The van der Waals surface area contributed by atoms with E-state index in [1.165, 1.54) is 14.2 Å². The lowest BCUT2D eigenvalue weighted by atomic mass is 9.81. The maximum atomic E-state index is 13.1. The summed E-state index contributed by atoms with van der Waals surface area (Å²) in [6.45, 7) is 0.165. The topological polar surface area (TPSA) is 131 Å². The number of hydrogen-bond donors (Lipinski definition) is 2. The number of aliphatic hydroxyl groups is 1. The van der Waals surface area contributed by atoms with Crippen molar-refractivity contribution in [3.8, 4) is 0 Å². The van der Waals surface area contributed by atoms with Crippen molar-refractivity contribution in [2.45, 2.75) is 18.6 Å². The van der Waals surface area contributed by atoms with Crippen molar-refractivity contribution in [1.82, 2.24) is 24.8 Å². The number of nitrogens with one attached hydrogen (secondary N) is 1. The van der Waals surface area contributed by atoms with Gasteiger partial charge in [0.25, 0.3) is 0 Å². The molecule has 3 aromatic heterocycles. The van der Waals surface area contributed by atoms with Crippen LogP contribution in [0.3, 0.4) is 0 Å². The molecule has 0 spiro atoms. The second kappa shape index (κ2) is 10.2. The van der Waals surface area contributed by atoms with Crippen LogP contribution in [0.15, 0.2) is 84.4 Å². The molecule has 1 aliphatic heterocycles. The van der Waals surface area contributed by atoms with Gasteiger partial charge in [0.1, 0.15) is 17.5 Å². The third kappa shape index (κ3) is 4.43. The predicted molar refractivity (Wildman–Crippen MR) is 133 cm³/mol. The molecule has 0 amide bonds. The Morgan fingerprint density at radius 3 is 2.24 bits per heavy atom. The number of carbonyl (C=O) groups excluding carboxylic acids is 2. The van der Waals surface area contributed by atoms with Crippen molar-refractivity contribution >= 4 is 23.0 Å². The molecule has 37 heavy (non-hydrogen) atoms. The number of para-hydroxylation sites is 2. The predicted octanol–water partition coefficient (Wildman–Crippen LogP) is 3.43. The fraction of sp³-hybridized carbons (Fsp3) is 0.222. The van der Waals surface area contributed by atoms with E-state index in [1.807, 2.05) is 29.2 Å². The van der Waals surface area contributed by atoms with E-state index in [0.29, 0.717) is 17.2 Å². The SMILES string of the molecule is COC(=O)C1=C(O)C(C(=O)OC)[C@H](c2ccccn2)N(Cc2nc3ccccc3[nH]2)[C@H]1c1ccccn1. The number of methoxy groups -OCH3 is 2. The first-order valence-corrected chi connectivity index (χ1v) is 11.6. The minimum absolute atomic E-state index is 0.0973. The lowest BCUT2D eigenvalue weighted by Crippen LogP contribution is -2.47. The minimum Gasteiger partial charge on any atom is -0.511 e. The molecule has 2 N–H and O–H groups in total. The summed E-state index contributed by atoms with van der Waals surface area (Å²) in [6.07, 6.45) is 3.21. The Labute approximate surface area is 212 Å². The van der Waals surface area contributed by atoms with Crippen molar-refractivity contribution in [2.75, 3.05) is 14.2 Å². The number of nitrogens with zero attached hydrogens (tertiary/aromatic N) is 4. The molecular weight excluding hydrogens is 474 g/mol. The number of carbonyl (C=O) groups is 2. The molecule has 1 unspecified atom stereocenters. The summed E-state index contributed by atoms with van der Waals surface area (Å²) in [5, 5.41) is 11.5. The number of esters is 2. The maximum Gasteiger partial charge on any atom is 0.339 e. The highest BCUT2D eigenvalue weighted by molar-refractivity contribution is 5.93.